The Morgan fingerprint density at radius 2 is 2.27 bits per heavy atom. The Balaban J connectivity index is 2.21. The Bertz CT molecular complexity index is 327. The van der Waals surface area contributed by atoms with Crippen LogP contribution < -0.4 is 10.2 Å². The molecule has 15 heavy (non-hydrogen) atoms. The average Bonchev–Trinajstić information content (AvgIpc) is 2.28. The molecule has 1 unspecified atom stereocenters. The lowest BCUT2D eigenvalue weighted by Crippen LogP contribution is -2.41. The number of nitrogens with zero attached hydrogens (tertiary/aromatic N) is 1. The van der Waals surface area contributed by atoms with E-state index in [4.69, 9.17) is 0 Å². The van der Waals surface area contributed by atoms with Gasteiger partial charge in [0.1, 0.15) is 0 Å². The van der Waals surface area contributed by atoms with Crippen LogP contribution in [0, 0.1) is 0 Å². The van der Waals surface area contributed by atoms with Crippen LogP contribution in [0.25, 0.3) is 0 Å². The zero-order valence-corrected chi connectivity index (χ0v) is 10.2. The molecule has 0 amide bonds. The van der Waals surface area contributed by atoms with Crippen molar-refractivity contribution in [1.82, 2.24) is 5.32 Å². The maximum atomic E-state index is 3.22. The lowest BCUT2D eigenvalue weighted by atomic mass is 10.2. The number of nitrogens with one attached hydrogen (secondary N) is 1. The molecule has 0 radical (unpaired) electrons. The minimum atomic E-state index is 0.637. The number of rotatable bonds is 3. The van der Waals surface area contributed by atoms with Crippen LogP contribution in [0.5, 0.6) is 0 Å². The summed E-state index contributed by atoms with van der Waals surface area (Å²) in [5.74, 6) is 1.20. The van der Waals surface area contributed by atoms with Crippen molar-refractivity contribution in [3.05, 3.63) is 24.3 Å². The maximum absolute atomic E-state index is 3.22. The van der Waals surface area contributed by atoms with Gasteiger partial charge in [-0.2, -0.15) is 0 Å². The van der Waals surface area contributed by atoms with Gasteiger partial charge in [-0.1, -0.05) is 12.1 Å². The van der Waals surface area contributed by atoms with Crippen molar-refractivity contribution in [3.8, 4) is 0 Å². The van der Waals surface area contributed by atoms with Gasteiger partial charge in [0.05, 0.1) is 5.69 Å². The maximum Gasteiger partial charge on any atom is 0.0507 e. The highest BCUT2D eigenvalue weighted by molar-refractivity contribution is 7.99. The Morgan fingerprint density at radius 1 is 1.47 bits per heavy atom. The molecule has 0 spiro atoms. The van der Waals surface area contributed by atoms with Gasteiger partial charge in [0.2, 0.25) is 0 Å². The molecular weight excluding hydrogens is 204 g/mol. The van der Waals surface area contributed by atoms with Crippen LogP contribution in [-0.4, -0.2) is 31.9 Å². The summed E-state index contributed by atoms with van der Waals surface area (Å²) in [5, 5.41) is 3.22. The van der Waals surface area contributed by atoms with E-state index in [1.165, 1.54) is 16.3 Å². The van der Waals surface area contributed by atoms with Gasteiger partial charge in [-0.05, 0) is 26.1 Å². The molecule has 1 atom stereocenters. The lowest BCUT2D eigenvalue weighted by molar-refractivity contribution is 0.648. The van der Waals surface area contributed by atoms with Crippen molar-refractivity contribution in [3.63, 3.8) is 0 Å². The lowest BCUT2D eigenvalue weighted by Gasteiger charge is -2.36. The molecule has 82 valence electrons. The van der Waals surface area contributed by atoms with Crippen molar-refractivity contribution < 1.29 is 0 Å². The summed E-state index contributed by atoms with van der Waals surface area (Å²) >= 11 is 1.97. The normalized spacial score (nSPS) is 20.1. The third-order valence-corrected chi connectivity index (χ3v) is 4.09. The molecule has 1 N–H and O–H groups in total. The standard InChI is InChI=1S/C12H18N2S/c1-10-9-15-12-6-4-3-5-11(12)14(10)8-7-13-2/h3-6,10,13H,7-9H2,1-2H3. The molecule has 1 aliphatic rings. The monoisotopic (exact) mass is 222 g/mol. The minimum Gasteiger partial charge on any atom is -0.366 e. The Labute approximate surface area is 96.0 Å². The number of para-hydroxylation sites is 1. The topological polar surface area (TPSA) is 15.3 Å². The highest BCUT2D eigenvalue weighted by Crippen LogP contribution is 2.36. The summed E-state index contributed by atoms with van der Waals surface area (Å²) in [5.41, 5.74) is 1.40. The molecule has 2 rings (SSSR count). The van der Waals surface area contributed by atoms with E-state index in [0.29, 0.717) is 6.04 Å². The van der Waals surface area contributed by atoms with Crippen LogP contribution >= 0.6 is 11.8 Å². The molecule has 0 aromatic heterocycles. The third kappa shape index (κ3) is 2.29. The van der Waals surface area contributed by atoms with Crippen molar-refractivity contribution in [1.29, 1.82) is 0 Å². The molecular formula is C12H18N2S. The predicted molar refractivity (Wildman–Crippen MR) is 67.9 cm³/mol. The predicted octanol–water partition coefficient (Wildman–Crippen LogP) is 2.21. The fraction of sp³-hybridized carbons (Fsp3) is 0.500. The van der Waals surface area contributed by atoms with Gasteiger partial charge in [-0.3, -0.25) is 0 Å². The SMILES string of the molecule is CNCCN1c2ccccc2SCC1C. The van der Waals surface area contributed by atoms with E-state index in [-0.39, 0.29) is 0 Å². The van der Waals surface area contributed by atoms with Crippen LogP contribution in [-0.2, 0) is 0 Å². The molecule has 1 aromatic carbocycles. The molecule has 1 aromatic rings. The molecule has 1 aliphatic heterocycles. The smallest absolute Gasteiger partial charge is 0.0507 e. The van der Waals surface area contributed by atoms with Crippen molar-refractivity contribution in [2.45, 2.75) is 17.9 Å². The van der Waals surface area contributed by atoms with E-state index in [2.05, 4.69) is 41.4 Å². The number of fused-ring (bicyclic) bond motifs is 1. The van der Waals surface area contributed by atoms with E-state index in [9.17, 15) is 0 Å². The molecule has 2 nitrogen and oxygen atoms in total. The fourth-order valence-corrected chi connectivity index (χ4v) is 3.04. The summed E-state index contributed by atoms with van der Waals surface area (Å²) < 4.78 is 0. The van der Waals surface area contributed by atoms with E-state index >= 15 is 0 Å². The summed E-state index contributed by atoms with van der Waals surface area (Å²) in [7, 11) is 2.01. The van der Waals surface area contributed by atoms with Crippen LogP contribution in [0.15, 0.2) is 29.2 Å². The van der Waals surface area contributed by atoms with Crippen LogP contribution in [0.3, 0.4) is 0 Å². The molecule has 0 saturated heterocycles. The summed E-state index contributed by atoms with van der Waals surface area (Å²) in [4.78, 5) is 3.93. The van der Waals surface area contributed by atoms with Gasteiger partial charge < -0.3 is 10.2 Å². The van der Waals surface area contributed by atoms with Gasteiger partial charge in [0.25, 0.3) is 0 Å². The number of hydrogen-bond acceptors (Lipinski definition) is 3. The zero-order valence-electron chi connectivity index (χ0n) is 9.36. The summed E-state index contributed by atoms with van der Waals surface area (Å²) in [6.45, 7) is 4.44. The highest BCUT2D eigenvalue weighted by Gasteiger charge is 2.22. The zero-order chi connectivity index (χ0) is 10.7. The van der Waals surface area contributed by atoms with E-state index in [1.54, 1.807) is 0 Å². The van der Waals surface area contributed by atoms with E-state index < -0.39 is 0 Å². The number of anilines is 1. The van der Waals surface area contributed by atoms with Crippen molar-refractivity contribution in [2.75, 3.05) is 30.8 Å². The molecule has 0 fully saturated rings. The largest absolute Gasteiger partial charge is 0.366 e. The number of benzene rings is 1. The molecule has 3 heteroatoms. The Morgan fingerprint density at radius 3 is 3.07 bits per heavy atom. The Hall–Kier alpha value is -0.670. The molecule has 1 heterocycles. The highest BCUT2D eigenvalue weighted by atomic mass is 32.2. The average molecular weight is 222 g/mol. The van der Waals surface area contributed by atoms with Gasteiger partial charge in [-0.15, -0.1) is 11.8 Å². The first kappa shape index (κ1) is 10.8. The number of thioether (sulfide) groups is 1. The van der Waals surface area contributed by atoms with Crippen molar-refractivity contribution in [2.24, 2.45) is 0 Å². The van der Waals surface area contributed by atoms with Crippen LogP contribution in [0.4, 0.5) is 5.69 Å². The third-order valence-electron chi connectivity index (χ3n) is 2.79. The second-order valence-corrected chi connectivity index (χ2v) is 4.99. The summed E-state index contributed by atoms with van der Waals surface area (Å²) in [6.07, 6.45) is 0. The van der Waals surface area contributed by atoms with E-state index in [0.717, 1.165) is 13.1 Å². The quantitative estimate of drug-likeness (QED) is 0.844. The van der Waals surface area contributed by atoms with E-state index in [1.807, 2.05) is 18.8 Å². The summed E-state index contributed by atoms with van der Waals surface area (Å²) in [6, 6.07) is 9.34. The Kier molecular flexibility index (Phi) is 3.54. The first-order valence-corrected chi connectivity index (χ1v) is 6.44. The first-order chi connectivity index (χ1) is 7.33. The van der Waals surface area contributed by atoms with Crippen LogP contribution in [0.1, 0.15) is 6.92 Å². The fourth-order valence-electron chi connectivity index (χ4n) is 1.93. The first-order valence-electron chi connectivity index (χ1n) is 5.46. The van der Waals surface area contributed by atoms with Gasteiger partial charge >= 0.3 is 0 Å². The molecule has 0 bridgehead atoms. The molecule has 0 saturated carbocycles. The number of likely N-dealkylation sites (N-methyl/N-ethyl adjacent to an activating group) is 1. The molecule has 0 aliphatic carbocycles. The second-order valence-electron chi connectivity index (χ2n) is 3.92. The van der Waals surface area contributed by atoms with Crippen molar-refractivity contribution >= 4 is 17.4 Å². The second kappa shape index (κ2) is 4.90. The minimum absolute atomic E-state index is 0.637. The van der Waals surface area contributed by atoms with Gasteiger partial charge in [0, 0.05) is 29.8 Å². The number of hydrogen-bond donors (Lipinski definition) is 1. The van der Waals surface area contributed by atoms with Gasteiger partial charge in [0.15, 0.2) is 0 Å². The van der Waals surface area contributed by atoms with Gasteiger partial charge in [-0.25, -0.2) is 0 Å². The van der Waals surface area contributed by atoms with Crippen LogP contribution in [0.2, 0.25) is 0 Å².